The molecule has 21 heavy (non-hydrogen) atoms. The van der Waals surface area contributed by atoms with Crippen molar-refractivity contribution in [1.29, 1.82) is 0 Å². The highest BCUT2D eigenvalue weighted by Gasteiger charge is 2.42. The molecule has 1 heterocycles. The molecule has 0 aliphatic carbocycles. The zero-order valence-corrected chi connectivity index (χ0v) is 15.5. The predicted octanol–water partition coefficient (Wildman–Crippen LogP) is 3.33. The zero-order valence-electron chi connectivity index (χ0n) is 14.5. The van der Waals surface area contributed by atoms with E-state index in [4.69, 9.17) is 13.9 Å². The van der Waals surface area contributed by atoms with Crippen molar-refractivity contribution in [1.82, 2.24) is 0 Å². The minimum Gasteiger partial charge on any atom is -0.414 e. The summed E-state index contributed by atoms with van der Waals surface area (Å²) >= 11 is 0. The summed E-state index contributed by atoms with van der Waals surface area (Å²) in [6.07, 6.45) is -0.779. The molecule has 1 fully saturated rings. The normalized spacial score (nSPS) is 27.8. The Morgan fingerprint density at radius 3 is 2.43 bits per heavy atom. The van der Waals surface area contributed by atoms with E-state index in [2.05, 4.69) is 40.4 Å². The summed E-state index contributed by atoms with van der Waals surface area (Å²) in [6, 6.07) is 0. The first-order chi connectivity index (χ1) is 9.49. The Labute approximate surface area is 130 Å². The van der Waals surface area contributed by atoms with E-state index < -0.39 is 14.4 Å². The van der Waals surface area contributed by atoms with Crippen molar-refractivity contribution in [3.05, 3.63) is 12.2 Å². The van der Waals surface area contributed by atoms with E-state index in [9.17, 15) is 4.79 Å². The van der Waals surface area contributed by atoms with Crippen molar-refractivity contribution in [3.63, 3.8) is 0 Å². The molecule has 0 bridgehead atoms. The van der Waals surface area contributed by atoms with Crippen molar-refractivity contribution in [3.8, 4) is 0 Å². The molecule has 122 valence electrons. The maximum atomic E-state index is 12.2. The maximum Gasteiger partial charge on any atom is 0.192 e. The number of ketones is 1. The van der Waals surface area contributed by atoms with Gasteiger partial charge in [0.25, 0.3) is 0 Å². The van der Waals surface area contributed by atoms with Crippen LogP contribution >= 0.6 is 0 Å². The maximum absolute atomic E-state index is 12.2. The van der Waals surface area contributed by atoms with Crippen LogP contribution in [0.3, 0.4) is 0 Å². The summed E-state index contributed by atoms with van der Waals surface area (Å²) in [5.41, 5.74) is 0.871. The van der Waals surface area contributed by atoms with Gasteiger partial charge in [-0.15, -0.1) is 0 Å². The second kappa shape index (κ2) is 6.73. The number of Topliss-reactive ketones (excluding diaryl/α,β-unsaturated/α-hetero) is 1. The molecular formula is C16H30O4Si. The Morgan fingerprint density at radius 2 is 2.00 bits per heavy atom. The Balaban J connectivity index is 2.78. The number of methoxy groups -OCH3 is 1. The molecule has 0 aromatic heterocycles. The molecule has 0 radical (unpaired) electrons. The molecule has 0 aromatic rings. The van der Waals surface area contributed by atoms with E-state index in [1.807, 2.05) is 6.92 Å². The van der Waals surface area contributed by atoms with Crippen LogP contribution in [0.5, 0.6) is 0 Å². The van der Waals surface area contributed by atoms with Gasteiger partial charge in [-0.1, -0.05) is 32.9 Å². The molecule has 0 aromatic carbocycles. The van der Waals surface area contributed by atoms with Gasteiger partial charge in [0.15, 0.2) is 14.1 Å². The minimum absolute atomic E-state index is 0.0700. The molecule has 0 saturated carbocycles. The van der Waals surface area contributed by atoms with E-state index in [0.29, 0.717) is 13.0 Å². The van der Waals surface area contributed by atoms with Crippen molar-refractivity contribution in [2.75, 3.05) is 13.7 Å². The van der Waals surface area contributed by atoms with Gasteiger partial charge in [-0.3, -0.25) is 4.79 Å². The molecule has 1 rings (SSSR count). The fourth-order valence-corrected chi connectivity index (χ4v) is 3.06. The molecule has 3 atom stereocenters. The Morgan fingerprint density at radius 1 is 1.43 bits per heavy atom. The van der Waals surface area contributed by atoms with E-state index in [-0.39, 0.29) is 23.0 Å². The number of carbonyl (C=O) groups is 1. The summed E-state index contributed by atoms with van der Waals surface area (Å²) < 4.78 is 17.5. The van der Waals surface area contributed by atoms with Crippen LogP contribution in [-0.4, -0.2) is 46.1 Å². The lowest BCUT2D eigenvalue weighted by molar-refractivity contribution is -0.162. The molecule has 5 heteroatoms. The first-order valence-corrected chi connectivity index (χ1v) is 10.4. The molecule has 1 aliphatic heterocycles. The minimum atomic E-state index is -1.87. The average molecular weight is 314 g/mol. The van der Waals surface area contributed by atoms with Crippen LogP contribution in [0.15, 0.2) is 12.2 Å². The van der Waals surface area contributed by atoms with E-state index in [1.54, 1.807) is 7.11 Å². The fraction of sp³-hybridized carbons (Fsp3) is 0.812. The van der Waals surface area contributed by atoms with Crippen LogP contribution in [-0.2, 0) is 18.7 Å². The van der Waals surface area contributed by atoms with Gasteiger partial charge in [-0.2, -0.15) is 0 Å². The largest absolute Gasteiger partial charge is 0.414 e. The van der Waals surface area contributed by atoms with Gasteiger partial charge in [0.2, 0.25) is 0 Å². The fourth-order valence-electron chi connectivity index (χ4n) is 2.04. The van der Waals surface area contributed by atoms with Gasteiger partial charge in [0, 0.05) is 13.5 Å². The molecule has 0 N–H and O–H groups in total. The van der Waals surface area contributed by atoms with Crippen molar-refractivity contribution in [2.24, 2.45) is 0 Å². The first kappa shape index (κ1) is 18.6. The summed E-state index contributed by atoms with van der Waals surface area (Å²) in [7, 11) is -0.324. The molecule has 1 saturated heterocycles. The molecule has 0 unspecified atom stereocenters. The Hall–Kier alpha value is -0.493. The number of hydrogen-bond donors (Lipinski definition) is 0. The second-order valence-corrected chi connectivity index (χ2v) is 12.2. The third-order valence-corrected chi connectivity index (χ3v) is 9.10. The summed E-state index contributed by atoms with van der Waals surface area (Å²) in [6.45, 7) is 17.1. The predicted molar refractivity (Wildman–Crippen MR) is 87.0 cm³/mol. The molecular weight excluding hydrogens is 284 g/mol. The van der Waals surface area contributed by atoms with Gasteiger partial charge < -0.3 is 13.9 Å². The van der Waals surface area contributed by atoms with Crippen molar-refractivity contribution >= 4 is 14.1 Å². The molecule has 0 amide bonds. The molecule has 0 spiro atoms. The van der Waals surface area contributed by atoms with Crippen molar-refractivity contribution < 1.29 is 18.7 Å². The highest BCUT2D eigenvalue weighted by atomic mass is 28.4. The lowest BCUT2D eigenvalue weighted by Gasteiger charge is -2.40. The first-order valence-electron chi connectivity index (χ1n) is 7.50. The highest BCUT2D eigenvalue weighted by molar-refractivity contribution is 6.74. The number of carbonyl (C=O) groups excluding carboxylic acids is 1. The van der Waals surface area contributed by atoms with Crippen LogP contribution in [0.4, 0.5) is 0 Å². The Bertz CT molecular complexity index is 398. The smallest absolute Gasteiger partial charge is 0.192 e. The van der Waals surface area contributed by atoms with Gasteiger partial charge in [0.1, 0.15) is 12.2 Å². The van der Waals surface area contributed by atoms with Gasteiger partial charge in [0.05, 0.1) is 12.7 Å². The van der Waals surface area contributed by atoms with Crippen molar-refractivity contribution in [2.45, 2.75) is 70.6 Å². The van der Waals surface area contributed by atoms with Crippen LogP contribution in [0.1, 0.15) is 34.1 Å². The van der Waals surface area contributed by atoms with Gasteiger partial charge in [-0.25, -0.2) is 0 Å². The lowest BCUT2D eigenvalue weighted by atomic mass is 9.96. The number of rotatable bonds is 5. The third kappa shape index (κ3) is 4.49. The lowest BCUT2D eigenvalue weighted by Crippen LogP contribution is -2.51. The standard InChI is InChI=1S/C16H30O4Si/c1-11(2)13-9-12(17)15(18-6)14(20-13)10-19-21(7,8)16(3,4)5/h13-15H,1,9-10H2,2-8H3/t13-,14+,15-/m0/s1. The summed E-state index contributed by atoms with van der Waals surface area (Å²) in [4.78, 5) is 12.2. The SMILES string of the molecule is C=C(C)[C@@H]1CC(=O)[C@H](OC)[C@@H](CO[Si](C)(C)C(C)(C)C)O1. The van der Waals surface area contributed by atoms with Crippen LogP contribution < -0.4 is 0 Å². The quantitative estimate of drug-likeness (QED) is 0.577. The van der Waals surface area contributed by atoms with Crippen LogP contribution in [0.25, 0.3) is 0 Å². The van der Waals surface area contributed by atoms with Gasteiger partial charge in [-0.05, 0) is 25.1 Å². The average Bonchev–Trinajstić information content (AvgIpc) is 2.34. The van der Waals surface area contributed by atoms with Crippen LogP contribution in [0, 0.1) is 0 Å². The van der Waals surface area contributed by atoms with E-state index in [1.165, 1.54) is 0 Å². The monoisotopic (exact) mass is 314 g/mol. The Kier molecular flexibility index (Phi) is 5.95. The van der Waals surface area contributed by atoms with E-state index >= 15 is 0 Å². The van der Waals surface area contributed by atoms with E-state index in [0.717, 1.165) is 5.57 Å². The summed E-state index contributed by atoms with van der Waals surface area (Å²) in [5, 5.41) is 0.127. The highest BCUT2D eigenvalue weighted by Crippen LogP contribution is 2.37. The number of hydrogen-bond acceptors (Lipinski definition) is 4. The number of ether oxygens (including phenoxy) is 2. The molecule has 1 aliphatic rings. The third-order valence-electron chi connectivity index (χ3n) is 4.60. The summed E-state index contributed by atoms with van der Waals surface area (Å²) in [5.74, 6) is 0.0700. The van der Waals surface area contributed by atoms with Crippen LogP contribution in [0.2, 0.25) is 18.1 Å². The van der Waals surface area contributed by atoms with Gasteiger partial charge >= 0.3 is 0 Å². The topological polar surface area (TPSA) is 44.8 Å². The zero-order chi connectivity index (χ0) is 16.4. The second-order valence-electron chi connectivity index (χ2n) is 7.41. The molecule has 4 nitrogen and oxygen atoms in total.